The molecule has 0 bridgehead atoms. The number of pyridine rings is 1. The van der Waals surface area contributed by atoms with Gasteiger partial charge in [-0.15, -0.1) is 0 Å². The lowest BCUT2D eigenvalue weighted by atomic mass is 10.1. The number of rotatable bonds is 3. The molecule has 0 aromatic carbocycles. The van der Waals surface area contributed by atoms with Crippen LogP contribution in [0, 0.1) is 5.82 Å². The highest BCUT2D eigenvalue weighted by Gasteiger charge is 2.37. The van der Waals surface area contributed by atoms with E-state index in [9.17, 15) is 4.39 Å². The molecule has 2 N–H and O–H groups in total. The fourth-order valence-corrected chi connectivity index (χ4v) is 1.38. The van der Waals surface area contributed by atoms with Crippen LogP contribution in [0.4, 0.5) is 4.39 Å². The second kappa shape index (κ2) is 3.07. The number of aromatic nitrogens is 1. The monoisotopic (exact) mass is 180 g/mol. The Morgan fingerprint density at radius 3 is 2.92 bits per heavy atom. The van der Waals surface area contributed by atoms with Crippen molar-refractivity contribution in [3.05, 3.63) is 29.8 Å². The molecule has 70 valence electrons. The summed E-state index contributed by atoms with van der Waals surface area (Å²) in [7, 11) is 0. The maximum Gasteiger partial charge on any atom is 0.144 e. The molecule has 0 unspecified atom stereocenters. The number of halogens is 1. The summed E-state index contributed by atoms with van der Waals surface area (Å²) in [6.07, 6.45) is 5.27. The van der Waals surface area contributed by atoms with E-state index in [1.165, 1.54) is 6.07 Å². The summed E-state index contributed by atoms with van der Waals surface area (Å²) in [4.78, 5) is 3.98. The smallest absolute Gasteiger partial charge is 0.144 e. The van der Waals surface area contributed by atoms with Gasteiger partial charge in [0.25, 0.3) is 0 Å². The van der Waals surface area contributed by atoms with Crippen molar-refractivity contribution in [2.75, 3.05) is 0 Å². The Morgan fingerprint density at radius 1 is 1.54 bits per heavy atom. The zero-order chi connectivity index (χ0) is 9.31. The van der Waals surface area contributed by atoms with E-state index in [2.05, 4.69) is 4.98 Å². The molecule has 1 saturated carbocycles. The van der Waals surface area contributed by atoms with Crippen LogP contribution in [0.15, 0.2) is 18.3 Å². The largest absolute Gasteiger partial charge is 0.325 e. The van der Waals surface area contributed by atoms with Crippen molar-refractivity contribution in [2.24, 2.45) is 5.73 Å². The van der Waals surface area contributed by atoms with E-state index in [-0.39, 0.29) is 11.4 Å². The van der Waals surface area contributed by atoms with Gasteiger partial charge in [-0.25, -0.2) is 4.39 Å². The van der Waals surface area contributed by atoms with E-state index in [1.807, 2.05) is 0 Å². The average Bonchev–Trinajstić information content (AvgIpc) is 2.83. The number of hydrogen-bond donors (Lipinski definition) is 1. The minimum atomic E-state index is -0.216. The normalized spacial score (nSPS) is 18.6. The van der Waals surface area contributed by atoms with Crippen LogP contribution < -0.4 is 5.73 Å². The van der Waals surface area contributed by atoms with Crippen LogP contribution in [0.25, 0.3) is 0 Å². The Hall–Kier alpha value is -0.960. The van der Waals surface area contributed by atoms with Gasteiger partial charge in [-0.2, -0.15) is 0 Å². The third-order valence-electron chi connectivity index (χ3n) is 2.59. The van der Waals surface area contributed by atoms with Gasteiger partial charge < -0.3 is 5.73 Å². The lowest BCUT2D eigenvalue weighted by Gasteiger charge is -2.07. The van der Waals surface area contributed by atoms with E-state index in [0.717, 1.165) is 19.3 Å². The molecule has 0 radical (unpaired) electrons. The van der Waals surface area contributed by atoms with E-state index in [1.54, 1.807) is 12.3 Å². The van der Waals surface area contributed by atoms with Crippen molar-refractivity contribution >= 4 is 0 Å². The highest BCUT2D eigenvalue weighted by Crippen LogP contribution is 2.36. The Morgan fingerprint density at radius 2 is 2.31 bits per heavy atom. The van der Waals surface area contributed by atoms with Crippen LogP contribution in [0.1, 0.15) is 25.0 Å². The molecule has 1 fully saturated rings. The van der Waals surface area contributed by atoms with Gasteiger partial charge in [0, 0.05) is 11.7 Å². The third-order valence-corrected chi connectivity index (χ3v) is 2.59. The summed E-state index contributed by atoms with van der Waals surface area (Å²) in [5.41, 5.74) is 6.43. The van der Waals surface area contributed by atoms with Gasteiger partial charge in [0.05, 0.1) is 5.69 Å². The molecule has 0 saturated heterocycles. The highest BCUT2D eigenvalue weighted by molar-refractivity contribution is 5.09. The van der Waals surface area contributed by atoms with Crippen molar-refractivity contribution in [2.45, 2.75) is 31.2 Å². The van der Waals surface area contributed by atoms with Crippen molar-refractivity contribution in [1.82, 2.24) is 4.98 Å². The molecule has 1 aliphatic rings. The highest BCUT2D eigenvalue weighted by atomic mass is 19.1. The van der Waals surface area contributed by atoms with Crippen molar-refractivity contribution < 1.29 is 4.39 Å². The zero-order valence-electron chi connectivity index (χ0n) is 7.46. The van der Waals surface area contributed by atoms with Crippen LogP contribution in [0.3, 0.4) is 0 Å². The molecular formula is C10H13FN2. The minimum absolute atomic E-state index is 0.00996. The van der Waals surface area contributed by atoms with Gasteiger partial charge in [-0.3, -0.25) is 4.98 Å². The second-order valence-corrected chi connectivity index (χ2v) is 3.79. The first-order valence-electron chi connectivity index (χ1n) is 4.58. The lowest BCUT2D eigenvalue weighted by Crippen LogP contribution is -2.22. The summed E-state index contributed by atoms with van der Waals surface area (Å²) in [6.45, 7) is 0. The first-order chi connectivity index (χ1) is 6.20. The maximum absolute atomic E-state index is 13.1. The molecule has 13 heavy (non-hydrogen) atoms. The zero-order valence-corrected chi connectivity index (χ0v) is 7.46. The molecule has 0 aliphatic heterocycles. The van der Waals surface area contributed by atoms with Crippen LogP contribution >= 0.6 is 0 Å². The molecule has 0 atom stereocenters. The fraction of sp³-hybridized carbons (Fsp3) is 0.500. The predicted molar refractivity (Wildman–Crippen MR) is 48.7 cm³/mol. The first kappa shape index (κ1) is 8.63. The number of nitrogens with zero attached hydrogens (tertiary/aromatic N) is 1. The number of nitrogens with two attached hydrogens (primary N) is 1. The molecule has 0 spiro atoms. The Labute approximate surface area is 77.0 Å². The lowest BCUT2D eigenvalue weighted by molar-refractivity contribution is 0.559. The molecule has 0 amide bonds. The third kappa shape index (κ3) is 2.04. The summed E-state index contributed by atoms with van der Waals surface area (Å²) >= 11 is 0. The van der Waals surface area contributed by atoms with Gasteiger partial charge in [-0.05, 0) is 37.8 Å². The Bertz CT molecular complexity index is 308. The van der Waals surface area contributed by atoms with Crippen molar-refractivity contribution in [3.8, 4) is 0 Å². The standard InChI is InChI=1S/C10H13FN2/c11-8-2-1-7-13-9(8)3-4-10(12)5-6-10/h1-2,7H,3-6,12H2. The predicted octanol–water partition coefficient (Wildman–Crippen LogP) is 1.64. The summed E-state index contributed by atoms with van der Waals surface area (Å²) in [6, 6.07) is 3.05. The van der Waals surface area contributed by atoms with Gasteiger partial charge in [0.2, 0.25) is 0 Å². The summed E-state index contributed by atoms with van der Waals surface area (Å²) < 4.78 is 13.1. The van der Waals surface area contributed by atoms with Crippen LogP contribution in [0.5, 0.6) is 0 Å². The molecule has 1 aliphatic carbocycles. The van der Waals surface area contributed by atoms with Gasteiger partial charge in [0.1, 0.15) is 5.82 Å². The van der Waals surface area contributed by atoms with E-state index < -0.39 is 0 Å². The van der Waals surface area contributed by atoms with Crippen molar-refractivity contribution in [3.63, 3.8) is 0 Å². The van der Waals surface area contributed by atoms with Crippen molar-refractivity contribution in [1.29, 1.82) is 0 Å². The summed E-state index contributed by atoms with van der Waals surface area (Å²) in [5.74, 6) is -0.216. The van der Waals surface area contributed by atoms with Gasteiger partial charge in [-0.1, -0.05) is 0 Å². The molecule has 2 rings (SSSR count). The quantitative estimate of drug-likeness (QED) is 0.768. The SMILES string of the molecule is NC1(CCc2ncccc2F)CC1. The number of aryl methyl sites for hydroxylation is 1. The number of hydrogen-bond acceptors (Lipinski definition) is 2. The van der Waals surface area contributed by atoms with Crippen LogP contribution in [-0.4, -0.2) is 10.5 Å². The molecule has 1 heterocycles. The van der Waals surface area contributed by atoms with E-state index >= 15 is 0 Å². The minimum Gasteiger partial charge on any atom is -0.325 e. The molecular weight excluding hydrogens is 167 g/mol. The summed E-state index contributed by atoms with van der Waals surface area (Å²) in [5, 5.41) is 0. The maximum atomic E-state index is 13.1. The molecule has 2 nitrogen and oxygen atoms in total. The average molecular weight is 180 g/mol. The molecule has 3 heteroatoms. The van der Waals surface area contributed by atoms with E-state index in [0.29, 0.717) is 12.1 Å². The fourth-order valence-electron chi connectivity index (χ4n) is 1.38. The van der Waals surface area contributed by atoms with Gasteiger partial charge >= 0.3 is 0 Å². The molecule has 1 aromatic heterocycles. The van der Waals surface area contributed by atoms with E-state index in [4.69, 9.17) is 5.73 Å². The second-order valence-electron chi connectivity index (χ2n) is 3.79. The van der Waals surface area contributed by atoms with Crippen LogP contribution in [-0.2, 0) is 6.42 Å². The Balaban J connectivity index is 1.97. The van der Waals surface area contributed by atoms with Gasteiger partial charge in [0.15, 0.2) is 0 Å². The topological polar surface area (TPSA) is 38.9 Å². The van der Waals surface area contributed by atoms with Crippen LogP contribution in [0.2, 0.25) is 0 Å². The molecule has 1 aromatic rings. The Kier molecular flexibility index (Phi) is 2.04. The first-order valence-corrected chi connectivity index (χ1v) is 4.58.